The third-order valence-electron chi connectivity index (χ3n) is 2.94. The summed E-state index contributed by atoms with van der Waals surface area (Å²) < 4.78 is 8.81. The van der Waals surface area contributed by atoms with Crippen LogP contribution in [0.1, 0.15) is 11.1 Å². The Bertz CT molecular complexity index is 742. The van der Waals surface area contributed by atoms with Gasteiger partial charge in [-0.15, -0.1) is 0 Å². The Kier molecular flexibility index (Phi) is 4.15. The van der Waals surface area contributed by atoms with E-state index in [-0.39, 0.29) is 5.95 Å². The van der Waals surface area contributed by atoms with E-state index in [1.54, 1.807) is 0 Å². The van der Waals surface area contributed by atoms with Crippen molar-refractivity contribution in [2.45, 2.75) is 13.2 Å². The zero-order valence-electron chi connectivity index (χ0n) is 11.0. The second-order valence-electron chi connectivity index (χ2n) is 4.40. The molecule has 4 N–H and O–H groups in total. The number of halogens is 1. The molecule has 0 spiro atoms. The molecule has 0 bridgehead atoms. The fourth-order valence-electron chi connectivity index (χ4n) is 1.91. The third-order valence-corrected chi connectivity index (χ3v) is 3.32. The molecule has 3 rings (SSSR count). The average molecular weight is 396 g/mol. The maximum absolute atomic E-state index is 5.72. The molecular weight excluding hydrogens is 383 g/mol. The predicted molar refractivity (Wildman–Crippen MR) is 87.7 cm³/mol. The van der Waals surface area contributed by atoms with Crippen LogP contribution in [0.5, 0.6) is 5.88 Å². The standard InChI is InChI=1S/C13H13IN6O/c14-18-5-8-1-3-9(4-2-8)6-21-12-10-11(17-7-16-10)19-13(15)20-12/h1-4,7,18H,5-6H2,(H3,15,16,17,19,20). The van der Waals surface area contributed by atoms with Crippen LogP contribution >= 0.6 is 22.9 Å². The number of anilines is 1. The van der Waals surface area contributed by atoms with Gasteiger partial charge >= 0.3 is 0 Å². The quantitative estimate of drug-likeness (QED) is 0.450. The SMILES string of the molecule is Nc1nc(OCc2ccc(CNI)cc2)c2[nH]cnc2n1. The second-order valence-corrected chi connectivity index (χ2v) is 5.17. The lowest BCUT2D eigenvalue weighted by Crippen LogP contribution is -2.03. The molecule has 0 aliphatic rings. The molecule has 0 radical (unpaired) electrons. The number of aromatic amines is 1. The Balaban J connectivity index is 1.75. The van der Waals surface area contributed by atoms with Crippen LogP contribution in [-0.2, 0) is 13.2 Å². The maximum Gasteiger partial charge on any atom is 0.245 e. The smallest absolute Gasteiger partial charge is 0.245 e. The summed E-state index contributed by atoms with van der Waals surface area (Å²) in [4.78, 5) is 15.1. The van der Waals surface area contributed by atoms with Crippen molar-refractivity contribution in [1.82, 2.24) is 23.5 Å². The molecule has 0 atom stereocenters. The van der Waals surface area contributed by atoms with Gasteiger partial charge < -0.3 is 15.5 Å². The van der Waals surface area contributed by atoms with Gasteiger partial charge in [0.05, 0.1) is 6.33 Å². The summed E-state index contributed by atoms with van der Waals surface area (Å²) in [6.07, 6.45) is 1.54. The van der Waals surface area contributed by atoms with E-state index in [2.05, 4.69) is 58.5 Å². The molecule has 0 saturated carbocycles. The Labute approximate surface area is 134 Å². The maximum atomic E-state index is 5.72. The second kappa shape index (κ2) is 6.22. The highest BCUT2D eigenvalue weighted by Crippen LogP contribution is 2.20. The highest BCUT2D eigenvalue weighted by molar-refractivity contribution is 14.1. The highest BCUT2D eigenvalue weighted by atomic mass is 127. The minimum Gasteiger partial charge on any atom is -0.471 e. The lowest BCUT2D eigenvalue weighted by molar-refractivity contribution is 0.297. The zero-order chi connectivity index (χ0) is 14.7. The van der Waals surface area contributed by atoms with E-state index in [9.17, 15) is 0 Å². The summed E-state index contributed by atoms with van der Waals surface area (Å²) in [6, 6.07) is 8.17. The summed E-state index contributed by atoms with van der Waals surface area (Å²) >= 11 is 2.12. The van der Waals surface area contributed by atoms with Gasteiger partial charge in [0, 0.05) is 29.4 Å². The van der Waals surface area contributed by atoms with Gasteiger partial charge in [-0.2, -0.15) is 9.97 Å². The molecule has 21 heavy (non-hydrogen) atoms. The van der Waals surface area contributed by atoms with Gasteiger partial charge in [-0.25, -0.2) is 4.98 Å². The van der Waals surface area contributed by atoms with Gasteiger partial charge in [0.1, 0.15) is 12.1 Å². The molecule has 0 unspecified atom stereocenters. The summed E-state index contributed by atoms with van der Waals surface area (Å²) in [5.41, 5.74) is 9.06. The highest BCUT2D eigenvalue weighted by Gasteiger charge is 2.09. The molecule has 2 aromatic heterocycles. The first-order valence-corrected chi connectivity index (χ1v) is 7.35. The van der Waals surface area contributed by atoms with E-state index < -0.39 is 0 Å². The van der Waals surface area contributed by atoms with Gasteiger partial charge in [0.2, 0.25) is 11.8 Å². The number of hydrogen-bond donors (Lipinski definition) is 3. The molecule has 0 amide bonds. The number of aromatic nitrogens is 4. The fourth-order valence-corrected chi connectivity index (χ4v) is 2.35. The number of nitrogens with zero attached hydrogens (tertiary/aromatic N) is 3. The summed E-state index contributed by atoms with van der Waals surface area (Å²) in [6.45, 7) is 1.24. The molecule has 0 fully saturated rings. The number of ether oxygens (including phenoxy) is 1. The number of nitrogens with two attached hydrogens (primary N) is 1. The van der Waals surface area contributed by atoms with Gasteiger partial charge in [-0.05, 0) is 11.1 Å². The summed E-state index contributed by atoms with van der Waals surface area (Å²) in [5, 5.41) is 0. The van der Waals surface area contributed by atoms with Crippen molar-refractivity contribution < 1.29 is 4.74 Å². The van der Waals surface area contributed by atoms with E-state index in [4.69, 9.17) is 10.5 Å². The monoisotopic (exact) mass is 396 g/mol. The number of benzene rings is 1. The van der Waals surface area contributed by atoms with Crippen LogP contribution in [0.4, 0.5) is 5.95 Å². The van der Waals surface area contributed by atoms with Crippen molar-refractivity contribution in [2.75, 3.05) is 5.73 Å². The van der Waals surface area contributed by atoms with E-state index >= 15 is 0 Å². The van der Waals surface area contributed by atoms with Crippen molar-refractivity contribution in [3.8, 4) is 5.88 Å². The number of imidazole rings is 1. The van der Waals surface area contributed by atoms with Crippen LogP contribution in [0.25, 0.3) is 11.2 Å². The van der Waals surface area contributed by atoms with E-state index in [1.165, 1.54) is 11.9 Å². The number of rotatable bonds is 5. The van der Waals surface area contributed by atoms with E-state index in [0.717, 1.165) is 12.1 Å². The van der Waals surface area contributed by atoms with Gasteiger partial charge in [-0.3, -0.25) is 3.53 Å². The summed E-state index contributed by atoms with van der Waals surface area (Å²) in [5.74, 6) is 0.557. The fraction of sp³-hybridized carbons (Fsp3) is 0.154. The molecule has 2 heterocycles. The Morgan fingerprint density at radius 2 is 1.95 bits per heavy atom. The zero-order valence-corrected chi connectivity index (χ0v) is 13.2. The summed E-state index contributed by atoms with van der Waals surface area (Å²) in [7, 11) is 0. The normalized spacial score (nSPS) is 10.9. The van der Waals surface area contributed by atoms with Crippen LogP contribution in [0.15, 0.2) is 30.6 Å². The van der Waals surface area contributed by atoms with Crippen molar-refractivity contribution in [2.24, 2.45) is 0 Å². The molecule has 3 aromatic rings. The molecule has 7 nitrogen and oxygen atoms in total. The Morgan fingerprint density at radius 3 is 2.71 bits per heavy atom. The third kappa shape index (κ3) is 3.22. The van der Waals surface area contributed by atoms with Crippen molar-refractivity contribution in [3.63, 3.8) is 0 Å². The lowest BCUT2D eigenvalue weighted by Gasteiger charge is -2.07. The van der Waals surface area contributed by atoms with Crippen molar-refractivity contribution in [3.05, 3.63) is 41.7 Å². The number of fused-ring (bicyclic) bond motifs is 1. The molecule has 1 aromatic carbocycles. The topological polar surface area (TPSA) is 102 Å². The largest absolute Gasteiger partial charge is 0.471 e. The molecule has 0 aliphatic carbocycles. The van der Waals surface area contributed by atoms with E-state index in [1.807, 2.05) is 12.1 Å². The van der Waals surface area contributed by atoms with Gasteiger partial charge in [0.15, 0.2) is 5.65 Å². The van der Waals surface area contributed by atoms with Gasteiger partial charge in [0.25, 0.3) is 0 Å². The number of nitrogen functional groups attached to an aromatic ring is 1. The first kappa shape index (κ1) is 14.0. The number of hydrogen-bond acceptors (Lipinski definition) is 6. The first-order chi connectivity index (χ1) is 10.3. The number of H-pyrrole nitrogens is 1. The molecule has 108 valence electrons. The first-order valence-electron chi connectivity index (χ1n) is 6.27. The van der Waals surface area contributed by atoms with Gasteiger partial charge in [-0.1, -0.05) is 24.3 Å². The minimum atomic E-state index is 0.146. The van der Waals surface area contributed by atoms with Crippen LogP contribution < -0.4 is 14.0 Å². The Hall–Kier alpha value is -1.94. The van der Waals surface area contributed by atoms with Crippen LogP contribution in [0.3, 0.4) is 0 Å². The Morgan fingerprint density at radius 1 is 1.19 bits per heavy atom. The minimum absolute atomic E-state index is 0.146. The van der Waals surface area contributed by atoms with Crippen molar-refractivity contribution in [1.29, 1.82) is 0 Å². The van der Waals surface area contributed by atoms with E-state index in [0.29, 0.717) is 23.7 Å². The molecular formula is C13H13IN6O. The average Bonchev–Trinajstić information content (AvgIpc) is 2.94. The molecule has 0 aliphatic heterocycles. The number of nitrogens with one attached hydrogen (secondary N) is 2. The van der Waals surface area contributed by atoms with Crippen molar-refractivity contribution >= 4 is 40.0 Å². The van der Waals surface area contributed by atoms with Crippen LogP contribution in [0.2, 0.25) is 0 Å². The van der Waals surface area contributed by atoms with Crippen LogP contribution in [0, 0.1) is 0 Å². The molecule has 8 heteroatoms. The lowest BCUT2D eigenvalue weighted by atomic mass is 10.1. The molecule has 0 saturated heterocycles. The van der Waals surface area contributed by atoms with Crippen LogP contribution in [-0.4, -0.2) is 19.9 Å². The predicted octanol–water partition coefficient (Wildman–Crippen LogP) is 1.95.